The Balaban J connectivity index is 3.77. The van der Waals surface area contributed by atoms with E-state index in [0.717, 1.165) is 0 Å². The van der Waals surface area contributed by atoms with E-state index < -0.39 is 52.2 Å². The average molecular weight is 646 g/mol. The number of nitrogens with one attached hydrogen (secondary N) is 1. The van der Waals surface area contributed by atoms with Crippen molar-refractivity contribution in [3.05, 3.63) is 29.3 Å². The Labute approximate surface area is 264 Å². The lowest BCUT2D eigenvalue weighted by Crippen LogP contribution is -2.40. The Morgan fingerprint density at radius 1 is 0.814 bits per heavy atom. The molecule has 0 saturated carbocycles. The molecule has 0 aliphatic rings. The molecule has 0 spiro atoms. The second-order valence-electron chi connectivity index (χ2n) is 16.8. The third kappa shape index (κ3) is 16.5. The molecule has 11 heteroatoms. The summed E-state index contributed by atoms with van der Waals surface area (Å²) in [6.07, 6.45) is -1.46. The third-order valence-corrected chi connectivity index (χ3v) is 9.01. The van der Waals surface area contributed by atoms with Crippen LogP contribution in [0.4, 0.5) is 4.79 Å². The third-order valence-electron chi connectivity index (χ3n) is 5.32. The number of carbonyl (C=O) groups excluding carboxylic acids is 1. The summed E-state index contributed by atoms with van der Waals surface area (Å²) in [6.45, 7) is 32.9. The van der Waals surface area contributed by atoms with Gasteiger partial charge in [-0.3, -0.25) is 9.05 Å². The van der Waals surface area contributed by atoms with Crippen LogP contribution in [0.15, 0.2) is 18.2 Å². The van der Waals surface area contributed by atoms with Gasteiger partial charge in [0.1, 0.15) is 17.5 Å². The first kappa shape index (κ1) is 39.6. The molecule has 0 heterocycles. The van der Waals surface area contributed by atoms with E-state index in [4.69, 9.17) is 27.5 Å². The molecule has 0 bridgehead atoms. The van der Waals surface area contributed by atoms with Crippen molar-refractivity contribution < 1.29 is 36.8 Å². The molecule has 43 heavy (non-hydrogen) atoms. The largest absolute Gasteiger partial charge is 0.531 e. The van der Waals surface area contributed by atoms with Crippen LogP contribution >= 0.6 is 7.82 Å². The summed E-state index contributed by atoms with van der Waals surface area (Å²) in [4.78, 5) is 12.8. The molecule has 1 atom stereocenters. The molecule has 250 valence electrons. The van der Waals surface area contributed by atoms with Gasteiger partial charge in [-0.2, -0.15) is 0 Å². The number of ether oxygens (including phenoxy) is 2. The minimum Gasteiger partial charge on any atom is -0.429 e. The molecular formula is C32H60NO8PSi. The topological polar surface area (TPSA) is 102 Å². The SMILES string of the molecule is CC(C)(C)NCC(OC(=O)OC(C)(C)C)c1ccc(OP(=O)(OC(C)(C)C)OC(C)(C)C)c(C(C)(C)O[SiH2]C(C)(C)C)c1. The summed E-state index contributed by atoms with van der Waals surface area (Å²) in [5.74, 6) is 0.299. The molecular weight excluding hydrogens is 585 g/mol. The van der Waals surface area contributed by atoms with E-state index in [1.807, 2.05) is 40.7 Å². The standard InChI is InChI=1S/C32H60NO8PSi/c1-27(2,3)33-21-25(36-26(34)37-28(4,5)6)22-18-19-24(23(20-22)32(16,17)41-43-31(13,14)15)38-42(35,39-29(7,8)9)40-30(10,11)12/h18-20,25,33H,21,43H2,1-17H3. The zero-order chi connectivity index (χ0) is 33.9. The van der Waals surface area contributed by atoms with Crippen LogP contribution in [0.3, 0.4) is 0 Å². The van der Waals surface area contributed by atoms with Crippen molar-refractivity contribution in [3.8, 4) is 5.75 Å². The first-order valence-corrected chi connectivity index (χ1v) is 17.8. The van der Waals surface area contributed by atoms with Crippen LogP contribution in [0, 0.1) is 0 Å². The number of hydrogen-bond donors (Lipinski definition) is 1. The first-order chi connectivity index (χ1) is 18.9. The Morgan fingerprint density at radius 3 is 1.74 bits per heavy atom. The van der Waals surface area contributed by atoms with Gasteiger partial charge in [-0.15, -0.1) is 0 Å². The van der Waals surface area contributed by atoms with Crippen LogP contribution in [0.2, 0.25) is 5.04 Å². The van der Waals surface area contributed by atoms with Gasteiger partial charge in [-0.25, -0.2) is 9.36 Å². The number of carbonyl (C=O) groups is 1. The highest BCUT2D eigenvalue weighted by atomic mass is 31.2. The van der Waals surface area contributed by atoms with Gasteiger partial charge in [0.05, 0.1) is 16.8 Å². The summed E-state index contributed by atoms with van der Waals surface area (Å²) in [5.41, 5.74) is -2.07. The van der Waals surface area contributed by atoms with Crippen LogP contribution < -0.4 is 9.84 Å². The monoisotopic (exact) mass is 645 g/mol. The van der Waals surface area contributed by atoms with Gasteiger partial charge in [0.25, 0.3) is 0 Å². The second kappa shape index (κ2) is 13.9. The van der Waals surface area contributed by atoms with Gasteiger partial charge in [-0.05, 0) is 120 Å². The van der Waals surface area contributed by atoms with Crippen molar-refractivity contribution in [2.24, 2.45) is 0 Å². The molecule has 0 aliphatic carbocycles. The van der Waals surface area contributed by atoms with Crippen molar-refractivity contribution in [2.75, 3.05) is 6.54 Å². The zero-order valence-electron chi connectivity index (χ0n) is 29.9. The zero-order valence-corrected chi connectivity index (χ0v) is 32.2. The highest BCUT2D eigenvalue weighted by molar-refractivity contribution is 7.49. The summed E-state index contributed by atoms with van der Waals surface area (Å²) in [6, 6.07) is 5.37. The molecule has 0 saturated heterocycles. The van der Waals surface area contributed by atoms with Gasteiger partial charge in [0, 0.05) is 17.6 Å². The summed E-state index contributed by atoms with van der Waals surface area (Å²) >= 11 is 0. The van der Waals surface area contributed by atoms with Crippen LogP contribution in [0.1, 0.15) is 135 Å². The molecule has 1 rings (SSSR count). The number of rotatable bonds is 11. The predicted molar refractivity (Wildman–Crippen MR) is 177 cm³/mol. The lowest BCUT2D eigenvalue weighted by Gasteiger charge is -2.35. The van der Waals surface area contributed by atoms with Crippen molar-refractivity contribution >= 4 is 23.7 Å². The number of phosphoric ester groups is 1. The van der Waals surface area contributed by atoms with Crippen molar-refractivity contribution in [2.45, 2.75) is 157 Å². The minimum atomic E-state index is -4.11. The Kier molecular flexibility index (Phi) is 12.8. The maximum Gasteiger partial charge on any atom is 0.531 e. The second-order valence-corrected chi connectivity index (χ2v) is 20.9. The lowest BCUT2D eigenvalue weighted by molar-refractivity contribution is -0.0282. The molecule has 0 aromatic heterocycles. The van der Waals surface area contributed by atoms with Crippen molar-refractivity contribution in [1.29, 1.82) is 0 Å². The summed E-state index contributed by atoms with van der Waals surface area (Å²) in [5, 5.41) is 3.45. The van der Waals surface area contributed by atoms with Crippen LogP contribution in [-0.4, -0.2) is 44.8 Å². The molecule has 0 amide bonds. The lowest BCUT2D eigenvalue weighted by atomic mass is 9.93. The number of hydrogen-bond acceptors (Lipinski definition) is 9. The smallest absolute Gasteiger partial charge is 0.429 e. The number of benzene rings is 1. The van der Waals surface area contributed by atoms with Gasteiger partial charge in [0.15, 0.2) is 9.76 Å². The quantitative estimate of drug-likeness (QED) is 0.144. The van der Waals surface area contributed by atoms with Crippen LogP contribution in [0.25, 0.3) is 0 Å². The molecule has 0 fully saturated rings. The van der Waals surface area contributed by atoms with E-state index in [-0.39, 0.29) is 10.6 Å². The molecule has 1 aromatic carbocycles. The maximum absolute atomic E-state index is 14.1. The van der Waals surface area contributed by atoms with Gasteiger partial charge in [0.2, 0.25) is 0 Å². The minimum absolute atomic E-state index is 0.0227. The fourth-order valence-corrected chi connectivity index (χ4v) is 6.44. The highest BCUT2D eigenvalue weighted by Gasteiger charge is 2.41. The Bertz CT molecular complexity index is 1100. The fraction of sp³-hybridized carbons (Fsp3) is 0.781. The van der Waals surface area contributed by atoms with E-state index in [9.17, 15) is 9.36 Å². The van der Waals surface area contributed by atoms with Gasteiger partial charge < -0.3 is 23.7 Å². The molecule has 0 aliphatic heterocycles. The van der Waals surface area contributed by atoms with Crippen LogP contribution in [0.5, 0.6) is 5.75 Å². The van der Waals surface area contributed by atoms with Gasteiger partial charge in [-0.1, -0.05) is 26.8 Å². The fourth-order valence-electron chi connectivity index (χ4n) is 3.64. The molecule has 1 unspecified atom stereocenters. The molecule has 0 radical (unpaired) electrons. The first-order valence-electron chi connectivity index (χ1n) is 15.0. The molecule has 1 N–H and O–H groups in total. The normalized spacial score (nSPS) is 15.1. The van der Waals surface area contributed by atoms with E-state index in [1.165, 1.54) is 0 Å². The van der Waals surface area contributed by atoms with Crippen LogP contribution in [-0.2, 0) is 33.1 Å². The predicted octanol–water partition coefficient (Wildman–Crippen LogP) is 8.74. The number of phosphoric acid groups is 1. The highest BCUT2D eigenvalue weighted by Crippen LogP contribution is 2.56. The maximum atomic E-state index is 14.1. The summed E-state index contributed by atoms with van der Waals surface area (Å²) < 4.78 is 50.1. The van der Waals surface area contributed by atoms with Gasteiger partial charge >= 0.3 is 14.0 Å². The van der Waals surface area contributed by atoms with E-state index in [0.29, 0.717) is 23.4 Å². The van der Waals surface area contributed by atoms with E-state index in [1.54, 1.807) is 74.4 Å². The Hall–Kier alpha value is -1.42. The summed E-state index contributed by atoms with van der Waals surface area (Å²) in [7, 11) is -5.13. The molecule has 9 nitrogen and oxygen atoms in total. The van der Waals surface area contributed by atoms with Crippen molar-refractivity contribution in [1.82, 2.24) is 5.32 Å². The molecule has 1 aromatic rings. The average Bonchev–Trinajstić information content (AvgIpc) is 2.70. The van der Waals surface area contributed by atoms with Crippen molar-refractivity contribution in [3.63, 3.8) is 0 Å². The van der Waals surface area contributed by atoms with E-state index in [2.05, 4.69) is 26.1 Å². The Morgan fingerprint density at radius 2 is 1.33 bits per heavy atom. The van der Waals surface area contributed by atoms with E-state index >= 15 is 0 Å².